The van der Waals surface area contributed by atoms with Gasteiger partial charge in [0, 0.05) is 23.4 Å². The normalized spacial score (nSPS) is 18.9. The number of halogens is 4. The fourth-order valence-electron chi connectivity index (χ4n) is 7.98. The summed E-state index contributed by atoms with van der Waals surface area (Å²) in [4.78, 5) is 41.8. The highest BCUT2D eigenvalue weighted by atomic mass is 19.1. The first-order valence-electron chi connectivity index (χ1n) is 19.9. The van der Waals surface area contributed by atoms with Gasteiger partial charge >= 0.3 is 0 Å². The van der Waals surface area contributed by atoms with Gasteiger partial charge < -0.3 is 14.9 Å². The van der Waals surface area contributed by atoms with Crippen molar-refractivity contribution >= 4 is 29.0 Å². The number of hydrogen-bond acceptors (Lipinski definition) is 4. The summed E-state index contributed by atoms with van der Waals surface area (Å²) in [6.07, 6.45) is 0.708. The fraction of sp³-hybridized carbons (Fsp3) is 0.220. The van der Waals surface area contributed by atoms with E-state index in [9.17, 15) is 37.1 Å². The van der Waals surface area contributed by atoms with Gasteiger partial charge in [0.2, 0.25) is 11.8 Å². The number of ketones is 1. The summed E-state index contributed by atoms with van der Waals surface area (Å²) in [7, 11) is 0. The number of β-lactam (4-membered cyclic amide) rings is 2. The van der Waals surface area contributed by atoms with Gasteiger partial charge in [-0.3, -0.25) is 14.4 Å². The molecule has 0 aromatic heterocycles. The summed E-state index contributed by atoms with van der Waals surface area (Å²) in [5, 5.41) is 10.5. The van der Waals surface area contributed by atoms with E-state index in [1.165, 1.54) is 60.7 Å². The molecule has 2 amide bonds. The molecule has 0 spiro atoms. The predicted molar refractivity (Wildman–Crippen MR) is 223 cm³/mol. The van der Waals surface area contributed by atoms with Gasteiger partial charge in [-0.2, -0.15) is 0 Å². The van der Waals surface area contributed by atoms with Crippen molar-refractivity contribution in [2.24, 2.45) is 11.8 Å². The van der Waals surface area contributed by atoms with Crippen LogP contribution in [0.1, 0.15) is 82.0 Å². The Balaban J connectivity index is 0.000000181. The third kappa shape index (κ3) is 9.24. The standard InChI is InChI=1S/C25H23F2NO2.C25H21F2NO2/c2*1-16-2-4-18(5-3-16)24-22(14-15-23(29)17-6-8-19(26)9-7-17)25(30)28(24)21-12-10-20(27)11-13-21/h2-13,22-24,29H,14-15H2,1H3;2-13,22,24H,14-15H2,1H3/t22-,23+,24-;22-,24-/m11/s1. The van der Waals surface area contributed by atoms with Crippen LogP contribution in [-0.2, 0) is 9.59 Å². The maximum atomic E-state index is 13.4. The largest absolute Gasteiger partial charge is 0.388 e. The number of anilines is 2. The van der Waals surface area contributed by atoms with Crippen LogP contribution in [0.25, 0.3) is 0 Å². The molecule has 6 nitrogen and oxygen atoms in total. The molecular formula is C50H44F4N2O4. The molecule has 60 heavy (non-hydrogen) atoms. The number of carbonyl (C=O) groups excluding carboxylic acids is 3. The lowest BCUT2D eigenvalue weighted by Gasteiger charge is -2.48. The van der Waals surface area contributed by atoms with Crippen LogP contribution in [0.15, 0.2) is 146 Å². The first kappa shape index (κ1) is 41.8. The lowest BCUT2D eigenvalue weighted by atomic mass is 9.78. The van der Waals surface area contributed by atoms with E-state index in [4.69, 9.17) is 0 Å². The SMILES string of the molecule is Cc1ccc([C@@H]2[C@@H](CCC(=O)c3ccc(F)cc3)C(=O)N2c2ccc(F)cc2)cc1.Cc1ccc([C@@H]2[C@@H](CC[C@H](O)c3ccc(F)cc3)C(=O)N2c2ccc(F)cc2)cc1. The molecule has 2 aliphatic heterocycles. The van der Waals surface area contributed by atoms with Crippen molar-refractivity contribution in [1.82, 2.24) is 0 Å². The van der Waals surface area contributed by atoms with Crippen LogP contribution in [0.2, 0.25) is 0 Å². The molecule has 2 fully saturated rings. The number of benzene rings is 6. The van der Waals surface area contributed by atoms with Crippen LogP contribution in [0.4, 0.5) is 28.9 Å². The van der Waals surface area contributed by atoms with Crippen molar-refractivity contribution in [3.05, 3.63) is 202 Å². The molecule has 5 atom stereocenters. The molecule has 1 N–H and O–H groups in total. The van der Waals surface area contributed by atoms with Crippen LogP contribution < -0.4 is 9.80 Å². The second kappa shape index (κ2) is 18.3. The zero-order valence-electron chi connectivity index (χ0n) is 33.1. The van der Waals surface area contributed by atoms with E-state index in [0.717, 1.165) is 22.3 Å². The number of aliphatic hydroxyl groups excluding tert-OH is 1. The molecule has 0 unspecified atom stereocenters. The topological polar surface area (TPSA) is 77.9 Å². The number of Topliss-reactive ketones (excluding diaryl/α,β-unsaturated/α-hetero) is 1. The lowest BCUT2D eigenvalue weighted by Crippen LogP contribution is -2.55. The monoisotopic (exact) mass is 812 g/mol. The molecule has 0 saturated carbocycles. The van der Waals surface area contributed by atoms with Crippen LogP contribution >= 0.6 is 0 Å². The molecule has 6 aromatic rings. The van der Waals surface area contributed by atoms with Crippen LogP contribution in [0.3, 0.4) is 0 Å². The maximum absolute atomic E-state index is 13.4. The van der Waals surface area contributed by atoms with E-state index in [0.29, 0.717) is 41.8 Å². The molecule has 306 valence electrons. The van der Waals surface area contributed by atoms with Crippen molar-refractivity contribution in [1.29, 1.82) is 0 Å². The third-order valence-electron chi connectivity index (χ3n) is 11.3. The minimum Gasteiger partial charge on any atom is -0.388 e. The number of rotatable bonds is 12. The molecular weight excluding hydrogens is 769 g/mol. The smallest absolute Gasteiger partial charge is 0.233 e. The van der Waals surface area contributed by atoms with Gasteiger partial charge in [0.05, 0.1) is 30.0 Å². The Bertz CT molecular complexity index is 2420. The van der Waals surface area contributed by atoms with E-state index in [2.05, 4.69) is 0 Å². The molecule has 6 aromatic carbocycles. The molecule has 8 rings (SSSR count). The highest BCUT2D eigenvalue weighted by Gasteiger charge is 2.49. The Kier molecular flexibility index (Phi) is 12.7. The highest BCUT2D eigenvalue weighted by molar-refractivity contribution is 6.04. The number of amides is 2. The van der Waals surface area contributed by atoms with Crippen molar-refractivity contribution in [3.63, 3.8) is 0 Å². The summed E-state index contributed by atoms with van der Waals surface area (Å²) < 4.78 is 52.9. The first-order chi connectivity index (χ1) is 28.9. The van der Waals surface area contributed by atoms with Gasteiger partial charge in [0.15, 0.2) is 5.78 Å². The highest BCUT2D eigenvalue weighted by Crippen LogP contribution is 2.47. The van der Waals surface area contributed by atoms with Gasteiger partial charge in [-0.25, -0.2) is 17.6 Å². The predicted octanol–water partition coefficient (Wildman–Crippen LogP) is 11.1. The Hall–Kier alpha value is -6.39. The summed E-state index contributed by atoms with van der Waals surface area (Å²) in [6.45, 7) is 4.00. The summed E-state index contributed by atoms with van der Waals surface area (Å²) in [6, 6.07) is 38.5. The average Bonchev–Trinajstić information content (AvgIpc) is 3.24. The number of nitrogens with zero attached hydrogens (tertiary/aromatic N) is 2. The summed E-state index contributed by atoms with van der Waals surface area (Å²) >= 11 is 0. The van der Waals surface area contributed by atoms with E-state index >= 15 is 0 Å². The van der Waals surface area contributed by atoms with Crippen molar-refractivity contribution in [2.45, 2.75) is 57.7 Å². The number of carbonyl (C=O) groups is 3. The molecule has 2 aliphatic rings. The maximum Gasteiger partial charge on any atom is 0.233 e. The summed E-state index contributed by atoms with van der Waals surface area (Å²) in [5.74, 6) is -2.33. The quantitative estimate of drug-likeness (QED) is 0.0758. The van der Waals surface area contributed by atoms with Crippen LogP contribution in [-0.4, -0.2) is 22.7 Å². The molecule has 10 heteroatoms. The van der Waals surface area contributed by atoms with E-state index in [1.54, 1.807) is 46.2 Å². The Labute approximate surface area is 346 Å². The van der Waals surface area contributed by atoms with Gasteiger partial charge in [-0.15, -0.1) is 0 Å². The average molecular weight is 813 g/mol. The zero-order chi connectivity index (χ0) is 42.5. The number of hydrogen-bond donors (Lipinski definition) is 1. The second-order valence-corrected chi connectivity index (χ2v) is 15.4. The molecule has 0 bridgehead atoms. The minimum atomic E-state index is -0.767. The summed E-state index contributed by atoms with van der Waals surface area (Å²) in [5.41, 5.74) is 6.57. The van der Waals surface area contributed by atoms with Gasteiger partial charge in [-0.1, -0.05) is 71.8 Å². The third-order valence-corrected chi connectivity index (χ3v) is 11.3. The van der Waals surface area contributed by atoms with E-state index in [-0.39, 0.29) is 65.4 Å². The Morgan fingerprint density at radius 3 is 1.32 bits per heavy atom. The lowest BCUT2D eigenvalue weighted by molar-refractivity contribution is -0.131. The van der Waals surface area contributed by atoms with Gasteiger partial charge in [-0.05, 0) is 135 Å². The molecule has 0 aliphatic carbocycles. The molecule has 0 radical (unpaired) electrons. The minimum absolute atomic E-state index is 0.0431. The Morgan fingerprint density at radius 1 is 0.533 bits per heavy atom. The van der Waals surface area contributed by atoms with Crippen LogP contribution in [0.5, 0.6) is 0 Å². The first-order valence-corrected chi connectivity index (χ1v) is 19.9. The van der Waals surface area contributed by atoms with E-state index < -0.39 is 11.9 Å². The second-order valence-electron chi connectivity index (χ2n) is 15.4. The Morgan fingerprint density at radius 2 is 0.900 bits per heavy atom. The molecule has 2 saturated heterocycles. The zero-order valence-corrected chi connectivity index (χ0v) is 33.1. The fourth-order valence-corrected chi connectivity index (χ4v) is 7.98. The van der Waals surface area contributed by atoms with Gasteiger partial charge in [0.1, 0.15) is 23.3 Å². The van der Waals surface area contributed by atoms with E-state index in [1.807, 2.05) is 62.4 Å². The number of aryl methyl sites for hydroxylation is 2. The van der Waals surface area contributed by atoms with Crippen LogP contribution in [0, 0.1) is 49.0 Å². The van der Waals surface area contributed by atoms with Crippen molar-refractivity contribution < 1.29 is 37.1 Å². The molecule has 2 heterocycles. The number of aliphatic hydroxyl groups is 1. The van der Waals surface area contributed by atoms with Crippen molar-refractivity contribution in [3.8, 4) is 0 Å². The van der Waals surface area contributed by atoms with Gasteiger partial charge in [0.25, 0.3) is 0 Å². The van der Waals surface area contributed by atoms with Crippen molar-refractivity contribution in [2.75, 3.05) is 9.80 Å².